The largest absolute Gasteiger partial charge is 0.573 e. The van der Waals surface area contributed by atoms with Crippen LogP contribution in [0.1, 0.15) is 23.6 Å². The summed E-state index contributed by atoms with van der Waals surface area (Å²) in [7, 11) is 0. The fourth-order valence-electron chi connectivity index (χ4n) is 3.63. The van der Waals surface area contributed by atoms with Crippen LogP contribution in [0, 0.1) is 0 Å². The van der Waals surface area contributed by atoms with Gasteiger partial charge in [0.25, 0.3) is 0 Å². The number of halogens is 3. The van der Waals surface area contributed by atoms with Crippen LogP contribution in [0.15, 0.2) is 93.0 Å². The molecule has 1 aliphatic rings. The minimum atomic E-state index is -4.74. The second kappa shape index (κ2) is 12.4. The quantitative estimate of drug-likeness (QED) is 0.212. The topological polar surface area (TPSA) is 87.9 Å². The van der Waals surface area contributed by atoms with Gasteiger partial charge in [0.2, 0.25) is 0 Å². The van der Waals surface area contributed by atoms with Crippen LogP contribution in [0.2, 0.25) is 0 Å². The number of para-hydroxylation sites is 1. The first kappa shape index (κ1) is 26.9. The van der Waals surface area contributed by atoms with Crippen LogP contribution in [0.25, 0.3) is 0 Å². The van der Waals surface area contributed by atoms with Crippen molar-refractivity contribution in [1.82, 2.24) is 0 Å². The molecule has 7 nitrogen and oxygen atoms in total. The standard InChI is InChI=1S/C27H25F3N6OS/c1-2-20-5-3-4-6-24(20)36-15-16-38-26(36)35-34-17-19-7-9-21(10-8-19)25(31)33-18-32-22-11-13-23(14-12-22)37-27(28,29)30/h3-14,17-18H,2,15-16H2,1H3,(H2,31,32,33)/b34-17-,35-26+. The number of aryl methyl sites for hydroxylation is 1. The zero-order valence-electron chi connectivity index (χ0n) is 20.5. The molecule has 3 aromatic carbocycles. The van der Waals surface area contributed by atoms with E-state index in [0.29, 0.717) is 11.3 Å². The molecule has 1 aliphatic heterocycles. The van der Waals surface area contributed by atoms with Crippen molar-refractivity contribution >= 4 is 46.7 Å². The van der Waals surface area contributed by atoms with E-state index >= 15 is 0 Å². The Morgan fingerprint density at radius 1 is 1.05 bits per heavy atom. The smallest absolute Gasteiger partial charge is 0.406 e. The predicted octanol–water partition coefficient (Wildman–Crippen LogP) is 6.16. The average molecular weight is 539 g/mol. The first-order chi connectivity index (χ1) is 18.3. The van der Waals surface area contributed by atoms with Crippen LogP contribution >= 0.6 is 11.8 Å². The SMILES string of the molecule is CCc1ccccc1N1CCS/C1=N/N=C\c1ccc(C(N)=NC=Nc2ccc(OC(F)(F)F)cc2)cc1. The van der Waals surface area contributed by atoms with Crippen molar-refractivity contribution < 1.29 is 17.9 Å². The highest BCUT2D eigenvalue weighted by atomic mass is 32.2. The molecule has 0 amide bonds. The summed E-state index contributed by atoms with van der Waals surface area (Å²) >= 11 is 1.68. The van der Waals surface area contributed by atoms with Gasteiger partial charge in [0, 0.05) is 23.5 Å². The van der Waals surface area contributed by atoms with E-state index in [1.165, 1.54) is 41.9 Å². The van der Waals surface area contributed by atoms with Gasteiger partial charge < -0.3 is 15.4 Å². The number of alkyl halides is 3. The number of aliphatic imine (C=N–C) groups is 2. The van der Waals surface area contributed by atoms with Crippen LogP contribution in [0.3, 0.4) is 0 Å². The number of anilines is 1. The Kier molecular flexibility index (Phi) is 8.80. The molecule has 0 spiro atoms. The summed E-state index contributed by atoms with van der Waals surface area (Å²) in [4.78, 5) is 10.4. The highest BCUT2D eigenvalue weighted by molar-refractivity contribution is 8.14. The van der Waals surface area contributed by atoms with Crippen LogP contribution in [0.4, 0.5) is 24.5 Å². The number of hydrogen-bond donors (Lipinski definition) is 1. The van der Waals surface area contributed by atoms with Crippen molar-refractivity contribution in [3.05, 3.63) is 89.5 Å². The van der Waals surface area contributed by atoms with E-state index < -0.39 is 6.36 Å². The maximum absolute atomic E-state index is 12.2. The van der Waals surface area contributed by atoms with E-state index in [-0.39, 0.29) is 11.6 Å². The number of nitrogens with zero attached hydrogens (tertiary/aromatic N) is 5. The molecule has 1 fully saturated rings. The first-order valence-electron chi connectivity index (χ1n) is 11.7. The van der Waals surface area contributed by atoms with Gasteiger partial charge in [-0.2, -0.15) is 5.10 Å². The zero-order valence-corrected chi connectivity index (χ0v) is 21.3. The van der Waals surface area contributed by atoms with Crippen LogP contribution < -0.4 is 15.4 Å². The van der Waals surface area contributed by atoms with Gasteiger partial charge in [-0.1, -0.05) is 61.2 Å². The molecule has 0 aromatic heterocycles. The molecule has 0 unspecified atom stereocenters. The van der Waals surface area contributed by atoms with Crippen molar-refractivity contribution in [2.75, 3.05) is 17.2 Å². The molecular formula is C27H25F3N6OS. The van der Waals surface area contributed by atoms with Crippen molar-refractivity contribution in [2.24, 2.45) is 25.9 Å². The first-order valence-corrected chi connectivity index (χ1v) is 12.7. The molecule has 2 N–H and O–H groups in total. The number of amidine groups is 2. The molecule has 3 aromatic rings. The molecule has 0 aliphatic carbocycles. The zero-order chi connectivity index (χ0) is 27.0. The second-order valence-electron chi connectivity index (χ2n) is 8.03. The van der Waals surface area contributed by atoms with Crippen LogP contribution in [0.5, 0.6) is 5.75 Å². The van der Waals surface area contributed by atoms with Crippen molar-refractivity contribution in [2.45, 2.75) is 19.7 Å². The number of nitrogens with two attached hydrogens (primary N) is 1. The van der Waals surface area contributed by atoms with Crippen molar-refractivity contribution in [3.8, 4) is 5.75 Å². The predicted molar refractivity (Wildman–Crippen MR) is 149 cm³/mol. The highest BCUT2D eigenvalue weighted by Gasteiger charge is 2.31. The van der Waals surface area contributed by atoms with Crippen molar-refractivity contribution in [3.63, 3.8) is 0 Å². The van der Waals surface area contributed by atoms with E-state index in [0.717, 1.165) is 29.4 Å². The molecule has 1 saturated heterocycles. The Hall–Kier alpha value is -4.12. The third-order valence-electron chi connectivity index (χ3n) is 5.47. The number of thioether (sulfide) groups is 1. The molecule has 1 heterocycles. The summed E-state index contributed by atoms with van der Waals surface area (Å²) in [5.41, 5.74) is 10.4. The monoisotopic (exact) mass is 538 g/mol. The number of benzene rings is 3. The van der Waals surface area contributed by atoms with Gasteiger partial charge in [0.1, 0.15) is 17.9 Å². The molecule has 0 bridgehead atoms. The van der Waals surface area contributed by atoms with Gasteiger partial charge in [-0.15, -0.1) is 18.3 Å². The lowest BCUT2D eigenvalue weighted by atomic mass is 10.1. The number of hydrogen-bond acceptors (Lipinski definition) is 5. The van der Waals surface area contributed by atoms with Gasteiger partial charge in [-0.05, 0) is 47.9 Å². The maximum Gasteiger partial charge on any atom is 0.573 e. The Morgan fingerprint density at radius 2 is 1.79 bits per heavy atom. The normalized spacial score (nSPS) is 15.7. The Labute approximate surface area is 222 Å². The van der Waals surface area contributed by atoms with Gasteiger partial charge >= 0.3 is 6.36 Å². The number of rotatable bonds is 8. The molecule has 38 heavy (non-hydrogen) atoms. The minimum absolute atomic E-state index is 0.238. The highest BCUT2D eigenvalue weighted by Crippen LogP contribution is 2.29. The Bertz CT molecular complexity index is 1350. The van der Waals surface area contributed by atoms with Gasteiger partial charge in [0.15, 0.2) is 5.17 Å². The van der Waals surface area contributed by atoms with Gasteiger partial charge in [0.05, 0.1) is 11.9 Å². The van der Waals surface area contributed by atoms with E-state index in [1.807, 2.05) is 24.3 Å². The van der Waals surface area contributed by atoms with Crippen LogP contribution in [-0.2, 0) is 6.42 Å². The fraction of sp³-hybridized carbons (Fsp3) is 0.185. The lowest BCUT2D eigenvalue weighted by Crippen LogP contribution is -2.24. The van der Waals surface area contributed by atoms with E-state index in [9.17, 15) is 13.2 Å². The van der Waals surface area contributed by atoms with E-state index in [4.69, 9.17) is 5.73 Å². The maximum atomic E-state index is 12.2. The molecule has 0 radical (unpaired) electrons. The summed E-state index contributed by atoms with van der Waals surface area (Å²) in [5, 5.41) is 9.60. The summed E-state index contributed by atoms with van der Waals surface area (Å²) in [6, 6.07) is 20.8. The van der Waals surface area contributed by atoms with Crippen molar-refractivity contribution in [1.29, 1.82) is 0 Å². The van der Waals surface area contributed by atoms with E-state index in [1.54, 1.807) is 30.1 Å². The third-order valence-corrected chi connectivity index (χ3v) is 6.42. The van der Waals surface area contributed by atoms with Crippen LogP contribution in [-0.4, -0.2) is 42.2 Å². The lowest BCUT2D eigenvalue weighted by molar-refractivity contribution is -0.274. The summed E-state index contributed by atoms with van der Waals surface area (Å²) in [5.74, 6) is 0.874. The molecule has 4 rings (SSSR count). The lowest BCUT2D eigenvalue weighted by Gasteiger charge is -2.20. The summed E-state index contributed by atoms with van der Waals surface area (Å²) in [6.07, 6.45) is -0.870. The molecular weight excluding hydrogens is 513 g/mol. The van der Waals surface area contributed by atoms with E-state index in [2.05, 4.69) is 48.9 Å². The fourth-order valence-corrected chi connectivity index (χ4v) is 4.54. The number of ether oxygens (including phenoxy) is 1. The molecule has 196 valence electrons. The average Bonchev–Trinajstić information content (AvgIpc) is 3.37. The van der Waals surface area contributed by atoms with Gasteiger partial charge in [-0.25, -0.2) is 9.98 Å². The summed E-state index contributed by atoms with van der Waals surface area (Å²) in [6.45, 7) is 3.04. The van der Waals surface area contributed by atoms with Gasteiger partial charge in [-0.3, -0.25) is 0 Å². The minimum Gasteiger partial charge on any atom is -0.406 e. The Balaban J connectivity index is 1.36. The molecule has 0 atom stereocenters. The molecule has 11 heteroatoms. The molecule has 0 saturated carbocycles. The third kappa shape index (κ3) is 7.45. The second-order valence-corrected chi connectivity index (χ2v) is 9.09. The Morgan fingerprint density at radius 3 is 2.50 bits per heavy atom. The summed E-state index contributed by atoms with van der Waals surface area (Å²) < 4.78 is 40.6.